The van der Waals surface area contributed by atoms with Crippen LogP contribution >= 0.6 is 0 Å². The molecule has 0 spiro atoms. The fraction of sp³-hybridized carbons (Fsp3) is 0.259. The van der Waals surface area contributed by atoms with E-state index in [0.29, 0.717) is 16.7 Å². The van der Waals surface area contributed by atoms with Gasteiger partial charge in [0.1, 0.15) is 5.60 Å². The van der Waals surface area contributed by atoms with E-state index in [1.807, 2.05) is 24.3 Å². The summed E-state index contributed by atoms with van der Waals surface area (Å²) in [4.78, 5) is 25.1. The molecule has 0 unspecified atom stereocenters. The molecular formula is C27H27F3N2O3. The topological polar surface area (TPSA) is 67.4 Å². The minimum absolute atomic E-state index is 0.0566. The molecule has 2 amide bonds. The van der Waals surface area contributed by atoms with E-state index in [-0.39, 0.29) is 13.1 Å². The minimum Gasteiger partial charge on any atom is -0.444 e. The number of amides is 2. The maximum Gasteiger partial charge on any atom is 0.416 e. The molecule has 0 fully saturated rings. The molecule has 35 heavy (non-hydrogen) atoms. The van der Waals surface area contributed by atoms with E-state index in [1.165, 1.54) is 12.1 Å². The van der Waals surface area contributed by atoms with Gasteiger partial charge in [-0.3, -0.25) is 4.79 Å². The lowest BCUT2D eigenvalue weighted by atomic mass is 9.95. The number of carbonyl (C=O) groups excluding carboxylic acids is 2. The van der Waals surface area contributed by atoms with Crippen molar-refractivity contribution in [2.45, 2.75) is 45.6 Å². The first-order chi connectivity index (χ1) is 16.4. The smallest absolute Gasteiger partial charge is 0.416 e. The minimum atomic E-state index is -4.45. The van der Waals surface area contributed by atoms with E-state index < -0.39 is 29.3 Å². The number of halogens is 3. The first kappa shape index (κ1) is 25.8. The van der Waals surface area contributed by atoms with Gasteiger partial charge in [-0.05, 0) is 61.2 Å². The number of alkyl carbamates (subject to hydrolysis) is 1. The van der Waals surface area contributed by atoms with Crippen LogP contribution in [0.15, 0.2) is 72.8 Å². The number of hydrogen-bond donors (Lipinski definition) is 2. The number of carbonyl (C=O) groups is 2. The Hall–Kier alpha value is -3.81. The van der Waals surface area contributed by atoms with Crippen molar-refractivity contribution in [2.24, 2.45) is 0 Å². The zero-order valence-corrected chi connectivity index (χ0v) is 19.7. The van der Waals surface area contributed by atoms with Gasteiger partial charge in [-0.1, -0.05) is 54.6 Å². The molecule has 0 saturated carbocycles. The summed E-state index contributed by atoms with van der Waals surface area (Å²) in [6.07, 6.45) is -5.01. The summed E-state index contributed by atoms with van der Waals surface area (Å²) in [5.41, 5.74) is 1.46. The van der Waals surface area contributed by atoms with E-state index in [9.17, 15) is 22.8 Å². The number of rotatable bonds is 6. The summed E-state index contributed by atoms with van der Waals surface area (Å²) in [6.45, 7) is 5.45. The molecule has 0 bridgehead atoms. The van der Waals surface area contributed by atoms with Crippen molar-refractivity contribution in [3.05, 3.63) is 95.1 Å². The number of alkyl halides is 3. The SMILES string of the molecule is CC(C)(C)OC(=O)NCc1ccccc1-c1ccccc1C(=O)NCc1cccc(C(F)(F)F)c1. The maximum atomic E-state index is 13.0. The third kappa shape index (κ3) is 7.34. The normalized spacial score (nSPS) is 11.6. The fourth-order valence-electron chi connectivity index (χ4n) is 3.47. The second-order valence-electron chi connectivity index (χ2n) is 8.94. The number of benzene rings is 3. The van der Waals surface area contributed by atoms with Gasteiger partial charge < -0.3 is 15.4 Å². The summed E-state index contributed by atoms with van der Waals surface area (Å²) >= 11 is 0. The molecule has 0 aliphatic rings. The molecular weight excluding hydrogens is 457 g/mol. The number of hydrogen-bond acceptors (Lipinski definition) is 3. The molecule has 0 aliphatic carbocycles. The van der Waals surface area contributed by atoms with E-state index in [1.54, 1.807) is 45.0 Å². The molecule has 5 nitrogen and oxygen atoms in total. The van der Waals surface area contributed by atoms with Gasteiger partial charge in [0.15, 0.2) is 0 Å². The van der Waals surface area contributed by atoms with Crippen molar-refractivity contribution < 1.29 is 27.5 Å². The van der Waals surface area contributed by atoms with Crippen molar-refractivity contribution in [3.63, 3.8) is 0 Å². The molecule has 3 aromatic carbocycles. The quantitative estimate of drug-likeness (QED) is 0.430. The van der Waals surface area contributed by atoms with Crippen LogP contribution in [-0.4, -0.2) is 17.6 Å². The molecule has 8 heteroatoms. The summed E-state index contributed by atoms with van der Waals surface area (Å²) in [5, 5.41) is 5.43. The standard InChI is InChI=1S/C27H27F3N2O3/c1-26(2,3)35-25(34)32-17-19-10-4-5-12-21(19)22-13-6-7-14-23(22)24(33)31-16-18-9-8-11-20(15-18)27(28,29)30/h4-15H,16-17H2,1-3H3,(H,31,33)(H,32,34). The fourth-order valence-corrected chi connectivity index (χ4v) is 3.47. The largest absolute Gasteiger partial charge is 0.444 e. The van der Waals surface area contributed by atoms with Crippen molar-refractivity contribution in [1.29, 1.82) is 0 Å². The van der Waals surface area contributed by atoms with E-state index in [2.05, 4.69) is 10.6 Å². The van der Waals surface area contributed by atoms with Crippen molar-refractivity contribution >= 4 is 12.0 Å². The highest BCUT2D eigenvalue weighted by atomic mass is 19.4. The van der Waals surface area contributed by atoms with Crippen LogP contribution in [0, 0.1) is 0 Å². The Bertz CT molecular complexity index is 1200. The van der Waals surface area contributed by atoms with E-state index >= 15 is 0 Å². The van der Waals surface area contributed by atoms with Gasteiger partial charge >= 0.3 is 12.3 Å². The zero-order valence-electron chi connectivity index (χ0n) is 19.7. The van der Waals surface area contributed by atoms with E-state index in [0.717, 1.165) is 23.3 Å². The third-order valence-electron chi connectivity index (χ3n) is 5.01. The van der Waals surface area contributed by atoms with Gasteiger partial charge in [-0.25, -0.2) is 4.79 Å². The average molecular weight is 485 g/mol. The van der Waals surface area contributed by atoms with Crippen molar-refractivity contribution in [2.75, 3.05) is 0 Å². The van der Waals surface area contributed by atoms with Gasteiger partial charge in [0.05, 0.1) is 5.56 Å². The predicted octanol–water partition coefficient (Wildman–Crippen LogP) is 6.33. The maximum absolute atomic E-state index is 13.0. The molecule has 0 saturated heterocycles. The highest BCUT2D eigenvalue weighted by Crippen LogP contribution is 2.30. The Balaban J connectivity index is 1.79. The second kappa shape index (κ2) is 10.6. The predicted molar refractivity (Wildman–Crippen MR) is 128 cm³/mol. The van der Waals surface area contributed by atoms with Crippen LogP contribution in [0.1, 0.15) is 47.8 Å². The highest BCUT2D eigenvalue weighted by molar-refractivity contribution is 6.01. The zero-order chi connectivity index (χ0) is 25.6. The lowest BCUT2D eigenvalue weighted by Gasteiger charge is -2.20. The Labute approximate surface area is 202 Å². The van der Waals surface area contributed by atoms with Crippen LogP contribution in [0.4, 0.5) is 18.0 Å². The summed E-state index contributed by atoms with van der Waals surface area (Å²) in [6, 6.07) is 19.1. The molecule has 3 rings (SSSR count). The highest BCUT2D eigenvalue weighted by Gasteiger charge is 2.30. The lowest BCUT2D eigenvalue weighted by molar-refractivity contribution is -0.137. The average Bonchev–Trinajstić information content (AvgIpc) is 2.80. The van der Waals surface area contributed by atoms with Gasteiger partial charge in [0, 0.05) is 18.7 Å². The van der Waals surface area contributed by atoms with Gasteiger partial charge in [0.2, 0.25) is 0 Å². The molecule has 3 aromatic rings. The van der Waals surface area contributed by atoms with Crippen LogP contribution in [0.25, 0.3) is 11.1 Å². The first-order valence-electron chi connectivity index (χ1n) is 11.0. The van der Waals surface area contributed by atoms with Crippen LogP contribution in [0.3, 0.4) is 0 Å². The molecule has 0 atom stereocenters. The van der Waals surface area contributed by atoms with Crippen LogP contribution in [0.2, 0.25) is 0 Å². The first-order valence-corrected chi connectivity index (χ1v) is 11.0. The summed E-state index contributed by atoms with van der Waals surface area (Å²) in [7, 11) is 0. The molecule has 0 aliphatic heterocycles. The third-order valence-corrected chi connectivity index (χ3v) is 5.01. The van der Waals surface area contributed by atoms with Gasteiger partial charge in [0.25, 0.3) is 5.91 Å². The Morgan fingerprint density at radius 3 is 2.14 bits per heavy atom. The van der Waals surface area contributed by atoms with Crippen LogP contribution in [-0.2, 0) is 24.0 Å². The van der Waals surface area contributed by atoms with Gasteiger partial charge in [-0.15, -0.1) is 0 Å². The second-order valence-corrected chi connectivity index (χ2v) is 8.94. The molecule has 2 N–H and O–H groups in total. The van der Waals surface area contributed by atoms with Crippen LogP contribution in [0.5, 0.6) is 0 Å². The monoisotopic (exact) mass is 484 g/mol. The molecule has 0 aromatic heterocycles. The lowest BCUT2D eigenvalue weighted by Crippen LogP contribution is -2.32. The summed E-state index contributed by atoms with van der Waals surface area (Å²) in [5.74, 6) is -0.423. The van der Waals surface area contributed by atoms with Crippen molar-refractivity contribution in [1.82, 2.24) is 10.6 Å². The molecule has 0 heterocycles. The van der Waals surface area contributed by atoms with Crippen LogP contribution < -0.4 is 10.6 Å². The molecule has 0 radical (unpaired) electrons. The van der Waals surface area contributed by atoms with Gasteiger partial charge in [-0.2, -0.15) is 13.2 Å². The molecule has 184 valence electrons. The Morgan fingerprint density at radius 1 is 0.800 bits per heavy atom. The Morgan fingerprint density at radius 2 is 1.46 bits per heavy atom. The number of nitrogens with one attached hydrogen (secondary N) is 2. The van der Waals surface area contributed by atoms with E-state index in [4.69, 9.17) is 4.74 Å². The number of ether oxygens (including phenoxy) is 1. The van der Waals surface area contributed by atoms with Crippen molar-refractivity contribution in [3.8, 4) is 11.1 Å². The Kier molecular flexibility index (Phi) is 7.84. The summed E-state index contributed by atoms with van der Waals surface area (Å²) < 4.78 is 44.2.